The Morgan fingerprint density at radius 2 is 1.23 bits per heavy atom. The van der Waals surface area contributed by atoms with Crippen molar-refractivity contribution in [2.24, 2.45) is 0 Å². The van der Waals surface area contributed by atoms with Gasteiger partial charge in [-0.3, -0.25) is 0 Å². The first-order chi connectivity index (χ1) is 14.6. The Bertz CT molecular complexity index is 1230. The van der Waals surface area contributed by atoms with E-state index in [1.807, 2.05) is 77.5 Å². The van der Waals surface area contributed by atoms with Crippen molar-refractivity contribution in [3.63, 3.8) is 0 Å². The van der Waals surface area contributed by atoms with Crippen molar-refractivity contribution < 1.29 is 0 Å². The smallest absolute Gasteiger partial charge is 0.227 e. The highest BCUT2D eigenvalue weighted by atomic mass is 35.5. The molecule has 5 rings (SSSR count). The minimum absolute atomic E-state index is 0.141. The summed E-state index contributed by atoms with van der Waals surface area (Å²) in [6, 6.07) is 22.8. The van der Waals surface area contributed by atoms with Crippen LogP contribution in [0.4, 0.5) is 5.95 Å². The summed E-state index contributed by atoms with van der Waals surface area (Å²) in [5.74, 6) is 1.28. The van der Waals surface area contributed by atoms with Crippen LogP contribution in [0.2, 0.25) is 15.1 Å². The van der Waals surface area contributed by atoms with Crippen LogP contribution in [0.1, 0.15) is 17.2 Å². The molecule has 1 N–H and O–H groups in total. The predicted octanol–water partition coefficient (Wildman–Crippen LogP) is 6.96. The average molecular weight is 454 g/mol. The standard InChI is InChI=1S/C23H15Cl3N4/c24-17-7-1-14(2-8-17)20-13-21(15-3-9-18(25)10-4-15)30-23(27-20)28-22(29-30)16-5-11-19(26)12-6-16/h1-13,21H,(H,27,28,29)/t21-/m1/s1. The third-order valence-corrected chi connectivity index (χ3v) is 5.69. The number of nitrogens with one attached hydrogen (secondary N) is 1. The lowest BCUT2D eigenvalue weighted by atomic mass is 10.0. The van der Waals surface area contributed by atoms with Gasteiger partial charge in [0.2, 0.25) is 5.95 Å². The van der Waals surface area contributed by atoms with E-state index in [2.05, 4.69) is 11.4 Å². The summed E-state index contributed by atoms with van der Waals surface area (Å²) < 4.78 is 1.88. The lowest BCUT2D eigenvalue weighted by molar-refractivity contribution is 0.613. The maximum Gasteiger partial charge on any atom is 0.227 e. The summed E-state index contributed by atoms with van der Waals surface area (Å²) >= 11 is 18.2. The maximum absolute atomic E-state index is 6.10. The van der Waals surface area contributed by atoms with E-state index in [1.54, 1.807) is 0 Å². The fourth-order valence-corrected chi connectivity index (χ4v) is 3.79. The van der Waals surface area contributed by atoms with Crippen LogP contribution in [-0.2, 0) is 0 Å². The molecule has 3 aromatic carbocycles. The van der Waals surface area contributed by atoms with Gasteiger partial charge < -0.3 is 5.32 Å². The van der Waals surface area contributed by atoms with E-state index in [-0.39, 0.29) is 6.04 Å². The van der Waals surface area contributed by atoms with Crippen LogP contribution in [0.25, 0.3) is 17.1 Å². The Balaban J connectivity index is 1.61. The van der Waals surface area contributed by atoms with Crippen molar-refractivity contribution in [2.45, 2.75) is 6.04 Å². The predicted molar refractivity (Wildman–Crippen MR) is 123 cm³/mol. The number of hydrogen-bond acceptors (Lipinski definition) is 3. The molecule has 0 spiro atoms. The molecule has 0 saturated heterocycles. The van der Waals surface area contributed by atoms with Gasteiger partial charge in [-0.05, 0) is 65.7 Å². The minimum Gasteiger partial charge on any atom is -0.324 e. The van der Waals surface area contributed by atoms with Gasteiger partial charge in [-0.2, -0.15) is 4.98 Å². The van der Waals surface area contributed by atoms with Gasteiger partial charge >= 0.3 is 0 Å². The van der Waals surface area contributed by atoms with Gasteiger partial charge in [-0.15, -0.1) is 5.10 Å². The molecule has 2 heterocycles. The van der Waals surface area contributed by atoms with Crippen LogP contribution in [0.3, 0.4) is 0 Å². The molecular formula is C23H15Cl3N4. The number of halogens is 3. The highest BCUT2D eigenvalue weighted by molar-refractivity contribution is 6.31. The molecule has 0 fully saturated rings. The van der Waals surface area contributed by atoms with Gasteiger partial charge in [0.05, 0.1) is 0 Å². The molecule has 30 heavy (non-hydrogen) atoms. The molecular weight excluding hydrogens is 439 g/mol. The Labute approximate surface area is 188 Å². The van der Waals surface area contributed by atoms with Gasteiger partial charge in [0, 0.05) is 26.3 Å². The molecule has 1 atom stereocenters. The lowest BCUT2D eigenvalue weighted by Crippen LogP contribution is -2.20. The molecule has 0 unspecified atom stereocenters. The van der Waals surface area contributed by atoms with Gasteiger partial charge in [0.15, 0.2) is 5.82 Å². The van der Waals surface area contributed by atoms with Crippen LogP contribution in [0.5, 0.6) is 0 Å². The topological polar surface area (TPSA) is 42.7 Å². The SMILES string of the molecule is Clc1ccc(C2=C[C@H](c3ccc(Cl)cc3)n3nc(-c4ccc(Cl)cc4)nc3N2)cc1. The second-order valence-corrected chi connectivity index (χ2v) is 8.23. The zero-order chi connectivity index (χ0) is 20.7. The number of fused-ring (bicyclic) bond motifs is 1. The molecule has 1 aliphatic rings. The summed E-state index contributed by atoms with van der Waals surface area (Å²) in [5.41, 5.74) is 3.90. The molecule has 0 bridgehead atoms. The van der Waals surface area contributed by atoms with Gasteiger partial charge in [0.1, 0.15) is 6.04 Å². The zero-order valence-electron chi connectivity index (χ0n) is 15.6. The first-order valence-electron chi connectivity index (χ1n) is 9.29. The second-order valence-electron chi connectivity index (χ2n) is 6.92. The Morgan fingerprint density at radius 1 is 0.700 bits per heavy atom. The van der Waals surface area contributed by atoms with Crippen molar-refractivity contribution in [3.05, 3.63) is 105 Å². The number of anilines is 1. The number of rotatable bonds is 3. The molecule has 0 amide bonds. The monoisotopic (exact) mass is 452 g/mol. The van der Waals surface area contributed by atoms with Crippen molar-refractivity contribution >= 4 is 46.4 Å². The Hall–Kier alpha value is -2.79. The fourth-order valence-electron chi connectivity index (χ4n) is 3.41. The number of hydrogen-bond donors (Lipinski definition) is 1. The summed E-state index contributed by atoms with van der Waals surface area (Å²) in [7, 11) is 0. The third kappa shape index (κ3) is 3.70. The normalized spacial score (nSPS) is 15.3. The van der Waals surface area contributed by atoms with E-state index in [0.29, 0.717) is 26.8 Å². The van der Waals surface area contributed by atoms with Crippen LogP contribution < -0.4 is 5.32 Å². The highest BCUT2D eigenvalue weighted by Crippen LogP contribution is 2.34. The highest BCUT2D eigenvalue weighted by Gasteiger charge is 2.25. The minimum atomic E-state index is -0.141. The van der Waals surface area contributed by atoms with Gasteiger partial charge in [-0.25, -0.2) is 4.68 Å². The van der Waals surface area contributed by atoms with Crippen LogP contribution in [-0.4, -0.2) is 14.8 Å². The molecule has 0 radical (unpaired) electrons. The number of benzene rings is 3. The summed E-state index contributed by atoms with van der Waals surface area (Å²) in [6.07, 6.45) is 2.12. The Morgan fingerprint density at radius 3 is 1.83 bits per heavy atom. The van der Waals surface area contributed by atoms with Crippen molar-refractivity contribution in [1.82, 2.24) is 14.8 Å². The van der Waals surface area contributed by atoms with E-state index >= 15 is 0 Å². The Kier molecular flexibility index (Phi) is 4.99. The molecule has 7 heteroatoms. The first-order valence-corrected chi connectivity index (χ1v) is 10.4. The molecule has 4 nitrogen and oxygen atoms in total. The van der Waals surface area contributed by atoms with Crippen LogP contribution in [0, 0.1) is 0 Å². The van der Waals surface area contributed by atoms with Crippen molar-refractivity contribution in [1.29, 1.82) is 0 Å². The number of allylic oxidation sites excluding steroid dienone is 1. The van der Waals surface area contributed by atoms with E-state index in [4.69, 9.17) is 44.9 Å². The summed E-state index contributed by atoms with van der Waals surface area (Å²) in [6.45, 7) is 0. The van der Waals surface area contributed by atoms with Crippen LogP contribution in [0.15, 0.2) is 78.9 Å². The molecule has 1 aliphatic heterocycles. The van der Waals surface area contributed by atoms with E-state index in [0.717, 1.165) is 22.4 Å². The zero-order valence-corrected chi connectivity index (χ0v) is 17.8. The third-order valence-electron chi connectivity index (χ3n) is 4.93. The average Bonchev–Trinajstić information content (AvgIpc) is 3.19. The van der Waals surface area contributed by atoms with Crippen molar-refractivity contribution in [3.8, 4) is 11.4 Å². The molecule has 148 valence electrons. The van der Waals surface area contributed by atoms with E-state index in [1.165, 1.54) is 0 Å². The maximum atomic E-state index is 6.10. The van der Waals surface area contributed by atoms with E-state index in [9.17, 15) is 0 Å². The summed E-state index contributed by atoms with van der Waals surface area (Å²) in [5, 5.41) is 10.2. The first kappa shape index (κ1) is 19.2. The quantitative estimate of drug-likeness (QED) is 0.364. The van der Waals surface area contributed by atoms with E-state index < -0.39 is 0 Å². The second kappa shape index (κ2) is 7.80. The molecule has 4 aromatic rings. The molecule has 1 aromatic heterocycles. The number of nitrogens with zero attached hydrogens (tertiary/aromatic N) is 3. The molecule has 0 aliphatic carbocycles. The largest absolute Gasteiger partial charge is 0.324 e. The fraction of sp³-hybridized carbons (Fsp3) is 0.0435. The van der Waals surface area contributed by atoms with Crippen molar-refractivity contribution in [2.75, 3.05) is 5.32 Å². The molecule has 0 saturated carbocycles. The summed E-state index contributed by atoms with van der Waals surface area (Å²) in [4.78, 5) is 4.74. The van der Waals surface area contributed by atoms with Gasteiger partial charge in [-0.1, -0.05) is 59.1 Å². The number of aromatic nitrogens is 3. The van der Waals surface area contributed by atoms with Gasteiger partial charge in [0.25, 0.3) is 0 Å². The lowest BCUT2D eigenvalue weighted by Gasteiger charge is -2.24. The van der Waals surface area contributed by atoms with Crippen LogP contribution >= 0.6 is 34.8 Å².